The Morgan fingerprint density at radius 1 is 1.25 bits per heavy atom. The highest BCUT2D eigenvalue weighted by atomic mass is 16.5. The average Bonchev–Trinajstić information content (AvgIpc) is 2.94. The molecule has 0 unspecified atom stereocenters. The van der Waals surface area contributed by atoms with Crippen LogP contribution < -0.4 is 14.8 Å². The topological polar surface area (TPSA) is 46.1 Å². The smallest absolute Gasteiger partial charge is 0.193 e. The predicted octanol–water partition coefficient (Wildman–Crippen LogP) is 2.94. The second-order valence-electron chi connectivity index (χ2n) is 7.10. The van der Waals surface area contributed by atoms with Gasteiger partial charge in [0.05, 0.1) is 14.2 Å². The Kier molecular flexibility index (Phi) is 6.35. The van der Waals surface area contributed by atoms with Gasteiger partial charge < -0.3 is 19.7 Å². The van der Waals surface area contributed by atoms with Gasteiger partial charge in [0.15, 0.2) is 17.5 Å². The fourth-order valence-corrected chi connectivity index (χ4v) is 3.15. The predicted molar refractivity (Wildman–Crippen MR) is 99.2 cm³/mol. The summed E-state index contributed by atoms with van der Waals surface area (Å²) in [5.41, 5.74) is 1.64. The van der Waals surface area contributed by atoms with Crippen molar-refractivity contribution in [1.82, 2.24) is 10.2 Å². The number of ether oxygens (including phenoxy) is 2. The van der Waals surface area contributed by atoms with Crippen LogP contribution in [0, 0.1) is 5.41 Å². The molecule has 1 fully saturated rings. The van der Waals surface area contributed by atoms with Crippen molar-refractivity contribution in [3.8, 4) is 11.5 Å². The van der Waals surface area contributed by atoms with Crippen LogP contribution in [0.3, 0.4) is 0 Å². The SMILES string of the molecule is CN=C(NCCCc1ccc(OC)c(OC)c1)N1CCC(C)(C)C1. The van der Waals surface area contributed by atoms with Crippen LogP contribution in [0.15, 0.2) is 23.2 Å². The van der Waals surface area contributed by atoms with E-state index in [-0.39, 0.29) is 0 Å². The third kappa shape index (κ3) is 4.79. The van der Waals surface area contributed by atoms with Gasteiger partial charge in [0, 0.05) is 26.7 Å². The number of rotatable bonds is 6. The van der Waals surface area contributed by atoms with E-state index in [1.165, 1.54) is 12.0 Å². The summed E-state index contributed by atoms with van der Waals surface area (Å²) in [5, 5.41) is 3.49. The molecule has 0 spiro atoms. The lowest BCUT2D eigenvalue weighted by atomic mass is 9.93. The Morgan fingerprint density at radius 2 is 2.00 bits per heavy atom. The van der Waals surface area contributed by atoms with Crippen LogP contribution in [-0.4, -0.2) is 51.8 Å². The summed E-state index contributed by atoms with van der Waals surface area (Å²) in [6.07, 6.45) is 3.26. The van der Waals surface area contributed by atoms with E-state index in [9.17, 15) is 0 Å². The maximum atomic E-state index is 5.36. The number of aryl methyl sites for hydroxylation is 1. The fourth-order valence-electron chi connectivity index (χ4n) is 3.15. The van der Waals surface area contributed by atoms with E-state index >= 15 is 0 Å². The molecule has 1 N–H and O–H groups in total. The highest BCUT2D eigenvalue weighted by molar-refractivity contribution is 5.80. The van der Waals surface area contributed by atoms with Crippen molar-refractivity contribution < 1.29 is 9.47 Å². The van der Waals surface area contributed by atoms with Crippen molar-refractivity contribution in [2.45, 2.75) is 33.1 Å². The number of likely N-dealkylation sites (tertiary alicyclic amines) is 1. The van der Waals surface area contributed by atoms with Crippen LogP contribution in [0.2, 0.25) is 0 Å². The lowest BCUT2D eigenvalue weighted by molar-refractivity contribution is 0.354. The summed E-state index contributed by atoms with van der Waals surface area (Å²) in [5.74, 6) is 2.59. The Morgan fingerprint density at radius 3 is 2.58 bits per heavy atom. The van der Waals surface area contributed by atoms with Crippen molar-refractivity contribution in [3.05, 3.63) is 23.8 Å². The number of hydrogen-bond acceptors (Lipinski definition) is 3. The van der Waals surface area contributed by atoms with Gasteiger partial charge >= 0.3 is 0 Å². The Balaban J connectivity index is 1.80. The molecule has 1 aliphatic rings. The van der Waals surface area contributed by atoms with Gasteiger partial charge in [-0.15, -0.1) is 0 Å². The lowest BCUT2D eigenvalue weighted by Gasteiger charge is -2.23. The molecule has 0 radical (unpaired) electrons. The van der Waals surface area contributed by atoms with Crippen LogP contribution in [0.4, 0.5) is 0 Å². The Bertz CT molecular complexity index is 570. The second kappa shape index (κ2) is 8.27. The molecule has 0 bridgehead atoms. The molecule has 1 aromatic carbocycles. The molecule has 2 rings (SSSR count). The van der Waals surface area contributed by atoms with E-state index in [0.29, 0.717) is 5.41 Å². The number of nitrogens with one attached hydrogen (secondary N) is 1. The standard InChI is InChI=1S/C19H31N3O2/c1-19(2)10-12-22(14-19)18(20-3)21-11-6-7-15-8-9-16(23-4)17(13-15)24-5/h8-9,13H,6-7,10-12,14H2,1-5H3,(H,20,21). The Hall–Kier alpha value is -1.91. The van der Waals surface area contributed by atoms with Crippen LogP contribution in [-0.2, 0) is 6.42 Å². The van der Waals surface area contributed by atoms with E-state index in [2.05, 4.69) is 41.2 Å². The molecule has 0 atom stereocenters. The van der Waals surface area contributed by atoms with Crippen molar-refractivity contribution in [3.63, 3.8) is 0 Å². The van der Waals surface area contributed by atoms with Gasteiger partial charge in [-0.3, -0.25) is 4.99 Å². The molecular formula is C19H31N3O2. The molecule has 0 saturated carbocycles. The molecule has 0 aliphatic carbocycles. The average molecular weight is 333 g/mol. The van der Waals surface area contributed by atoms with Gasteiger partial charge in [-0.25, -0.2) is 0 Å². The zero-order valence-corrected chi connectivity index (χ0v) is 15.7. The monoisotopic (exact) mass is 333 g/mol. The Labute approximate surface area is 146 Å². The van der Waals surface area contributed by atoms with E-state index in [4.69, 9.17) is 9.47 Å². The van der Waals surface area contributed by atoms with Gasteiger partial charge in [-0.2, -0.15) is 0 Å². The maximum Gasteiger partial charge on any atom is 0.193 e. The zero-order valence-electron chi connectivity index (χ0n) is 15.7. The molecule has 5 nitrogen and oxygen atoms in total. The van der Waals surface area contributed by atoms with E-state index < -0.39 is 0 Å². The van der Waals surface area contributed by atoms with Gasteiger partial charge in [0.25, 0.3) is 0 Å². The minimum absolute atomic E-state index is 0.386. The number of methoxy groups -OCH3 is 2. The normalized spacial score (nSPS) is 17.0. The van der Waals surface area contributed by atoms with Crippen molar-refractivity contribution in [2.75, 3.05) is 40.9 Å². The first-order valence-electron chi connectivity index (χ1n) is 8.65. The van der Waals surface area contributed by atoms with Crippen molar-refractivity contribution in [1.29, 1.82) is 0 Å². The summed E-state index contributed by atoms with van der Waals surface area (Å²) in [4.78, 5) is 6.78. The third-order valence-electron chi connectivity index (χ3n) is 4.56. The zero-order chi connectivity index (χ0) is 17.6. The molecule has 24 heavy (non-hydrogen) atoms. The first-order chi connectivity index (χ1) is 11.5. The highest BCUT2D eigenvalue weighted by Crippen LogP contribution is 2.29. The van der Waals surface area contributed by atoms with Crippen LogP contribution >= 0.6 is 0 Å². The van der Waals surface area contributed by atoms with Gasteiger partial charge in [-0.1, -0.05) is 19.9 Å². The van der Waals surface area contributed by atoms with Crippen molar-refractivity contribution in [2.24, 2.45) is 10.4 Å². The minimum Gasteiger partial charge on any atom is -0.493 e. The molecule has 134 valence electrons. The molecule has 0 amide bonds. The van der Waals surface area contributed by atoms with Gasteiger partial charge in [0.2, 0.25) is 0 Å². The maximum absolute atomic E-state index is 5.36. The molecule has 1 heterocycles. The van der Waals surface area contributed by atoms with Gasteiger partial charge in [-0.05, 0) is 42.4 Å². The van der Waals surface area contributed by atoms with Gasteiger partial charge in [0.1, 0.15) is 0 Å². The summed E-state index contributed by atoms with van der Waals surface area (Å²) in [6.45, 7) is 7.71. The molecule has 1 saturated heterocycles. The molecule has 0 aromatic heterocycles. The number of guanidine groups is 1. The number of aliphatic imine (C=N–C) groups is 1. The quantitative estimate of drug-likeness (QED) is 0.494. The van der Waals surface area contributed by atoms with E-state index in [1.54, 1.807) is 14.2 Å². The molecule has 5 heteroatoms. The number of hydrogen-bond donors (Lipinski definition) is 1. The first-order valence-corrected chi connectivity index (χ1v) is 8.65. The summed E-state index contributed by atoms with van der Waals surface area (Å²) in [7, 11) is 5.19. The first kappa shape index (κ1) is 18.4. The van der Waals surface area contributed by atoms with E-state index in [0.717, 1.165) is 49.9 Å². The molecular weight excluding hydrogens is 302 g/mol. The second-order valence-corrected chi connectivity index (χ2v) is 7.10. The molecule has 1 aromatic rings. The number of benzene rings is 1. The number of nitrogens with zero attached hydrogens (tertiary/aromatic N) is 2. The van der Waals surface area contributed by atoms with Crippen molar-refractivity contribution >= 4 is 5.96 Å². The van der Waals surface area contributed by atoms with E-state index in [1.807, 2.05) is 13.1 Å². The highest BCUT2D eigenvalue weighted by Gasteiger charge is 2.30. The molecule has 1 aliphatic heterocycles. The lowest BCUT2D eigenvalue weighted by Crippen LogP contribution is -2.41. The largest absolute Gasteiger partial charge is 0.493 e. The summed E-state index contributed by atoms with van der Waals surface area (Å²) < 4.78 is 10.6. The van der Waals surface area contributed by atoms with Crippen LogP contribution in [0.5, 0.6) is 11.5 Å². The third-order valence-corrected chi connectivity index (χ3v) is 4.56. The van der Waals surface area contributed by atoms with Crippen LogP contribution in [0.25, 0.3) is 0 Å². The fraction of sp³-hybridized carbons (Fsp3) is 0.632. The summed E-state index contributed by atoms with van der Waals surface area (Å²) in [6, 6.07) is 6.11. The summed E-state index contributed by atoms with van der Waals surface area (Å²) >= 11 is 0. The van der Waals surface area contributed by atoms with Crippen LogP contribution in [0.1, 0.15) is 32.3 Å². The minimum atomic E-state index is 0.386.